The molecule has 0 aromatic heterocycles. The molecule has 3 rings (SSSR count). The molecule has 0 unspecified atom stereocenters. The average molecular weight is 382 g/mol. The molecule has 1 saturated heterocycles. The van der Waals surface area contributed by atoms with Crippen LogP contribution in [0.5, 0.6) is 0 Å². The third-order valence-electron chi connectivity index (χ3n) is 5.34. The molecule has 2 aromatic rings. The SMILES string of the molecule is CC(C)[C@]1(N(Cc2ccccc2)C(=O)OC(C)(C)C)CO[C@H]1c1ccccc1. The van der Waals surface area contributed by atoms with Crippen LogP contribution in [0.25, 0.3) is 0 Å². The lowest BCUT2D eigenvalue weighted by Crippen LogP contribution is -2.68. The quantitative estimate of drug-likeness (QED) is 0.678. The summed E-state index contributed by atoms with van der Waals surface area (Å²) in [7, 11) is 0. The van der Waals surface area contributed by atoms with Gasteiger partial charge in [-0.05, 0) is 37.8 Å². The molecule has 1 amide bonds. The molecular weight excluding hydrogens is 350 g/mol. The monoisotopic (exact) mass is 381 g/mol. The van der Waals surface area contributed by atoms with E-state index >= 15 is 0 Å². The first-order valence-electron chi connectivity index (χ1n) is 9.95. The molecule has 4 nitrogen and oxygen atoms in total. The number of hydrogen-bond acceptors (Lipinski definition) is 3. The Hall–Kier alpha value is -2.33. The Balaban J connectivity index is 2.01. The van der Waals surface area contributed by atoms with Crippen LogP contribution in [0.1, 0.15) is 51.8 Å². The number of rotatable bonds is 5. The minimum atomic E-state index is -0.558. The molecule has 1 aliphatic heterocycles. The fraction of sp³-hybridized carbons (Fsp3) is 0.458. The number of nitrogens with zero attached hydrogens (tertiary/aromatic N) is 1. The van der Waals surface area contributed by atoms with Gasteiger partial charge in [0.05, 0.1) is 6.61 Å². The van der Waals surface area contributed by atoms with Crippen LogP contribution in [0.15, 0.2) is 60.7 Å². The summed E-state index contributed by atoms with van der Waals surface area (Å²) in [6, 6.07) is 20.2. The number of carbonyl (C=O) groups is 1. The van der Waals surface area contributed by atoms with Crippen molar-refractivity contribution in [1.82, 2.24) is 4.90 Å². The maximum atomic E-state index is 13.3. The van der Waals surface area contributed by atoms with Gasteiger partial charge in [0.2, 0.25) is 0 Å². The molecule has 0 N–H and O–H groups in total. The van der Waals surface area contributed by atoms with Gasteiger partial charge in [-0.15, -0.1) is 0 Å². The number of carbonyl (C=O) groups excluding carboxylic acids is 1. The van der Waals surface area contributed by atoms with Crippen molar-refractivity contribution in [2.24, 2.45) is 5.92 Å². The molecule has 2 aromatic carbocycles. The standard InChI is InChI=1S/C24H31NO3/c1-18(2)24(17-27-21(24)20-14-10-7-11-15-20)25(22(26)28-23(3,4)5)16-19-12-8-6-9-13-19/h6-15,18,21H,16-17H2,1-5H3/t21-,24+/m0/s1. The highest BCUT2D eigenvalue weighted by Gasteiger charge is 2.57. The van der Waals surface area contributed by atoms with Crippen LogP contribution in [-0.2, 0) is 16.0 Å². The van der Waals surface area contributed by atoms with Gasteiger partial charge in [-0.2, -0.15) is 0 Å². The number of benzene rings is 2. The van der Waals surface area contributed by atoms with E-state index in [1.807, 2.05) is 74.2 Å². The van der Waals surface area contributed by atoms with E-state index < -0.39 is 11.1 Å². The number of ether oxygens (including phenoxy) is 2. The van der Waals surface area contributed by atoms with Gasteiger partial charge in [-0.1, -0.05) is 74.5 Å². The Kier molecular flexibility index (Phi) is 5.80. The van der Waals surface area contributed by atoms with E-state index in [1.165, 1.54) is 0 Å². The van der Waals surface area contributed by atoms with Crippen LogP contribution in [-0.4, -0.2) is 28.7 Å². The van der Waals surface area contributed by atoms with Crippen LogP contribution >= 0.6 is 0 Å². The third kappa shape index (κ3) is 4.07. The molecule has 2 atom stereocenters. The van der Waals surface area contributed by atoms with Crippen LogP contribution in [0.3, 0.4) is 0 Å². The fourth-order valence-corrected chi connectivity index (χ4v) is 3.82. The van der Waals surface area contributed by atoms with Gasteiger partial charge in [-0.3, -0.25) is 4.90 Å². The highest BCUT2D eigenvalue weighted by atomic mass is 16.6. The van der Waals surface area contributed by atoms with Crippen molar-refractivity contribution >= 4 is 6.09 Å². The summed E-state index contributed by atoms with van der Waals surface area (Å²) in [5, 5.41) is 0. The smallest absolute Gasteiger partial charge is 0.411 e. The first-order valence-corrected chi connectivity index (χ1v) is 9.95. The van der Waals surface area contributed by atoms with Gasteiger partial charge >= 0.3 is 6.09 Å². The Labute approximate surface area is 168 Å². The third-order valence-corrected chi connectivity index (χ3v) is 5.34. The Morgan fingerprint density at radius 3 is 2.14 bits per heavy atom. The van der Waals surface area contributed by atoms with Gasteiger partial charge in [0.25, 0.3) is 0 Å². The summed E-state index contributed by atoms with van der Waals surface area (Å²) >= 11 is 0. The van der Waals surface area contributed by atoms with Crippen molar-refractivity contribution in [3.8, 4) is 0 Å². The topological polar surface area (TPSA) is 38.8 Å². The zero-order valence-electron chi connectivity index (χ0n) is 17.5. The Morgan fingerprint density at radius 2 is 1.68 bits per heavy atom. The zero-order chi connectivity index (χ0) is 20.4. The lowest BCUT2D eigenvalue weighted by Gasteiger charge is -2.57. The van der Waals surface area contributed by atoms with Gasteiger partial charge in [0, 0.05) is 6.54 Å². The second-order valence-corrected chi connectivity index (χ2v) is 8.80. The summed E-state index contributed by atoms with van der Waals surface area (Å²) in [4.78, 5) is 15.2. The lowest BCUT2D eigenvalue weighted by atomic mass is 9.73. The van der Waals surface area contributed by atoms with Crippen molar-refractivity contribution in [2.45, 2.75) is 58.4 Å². The molecular formula is C24H31NO3. The highest BCUT2D eigenvalue weighted by Crippen LogP contribution is 2.49. The van der Waals surface area contributed by atoms with Crippen LogP contribution in [0.2, 0.25) is 0 Å². The van der Waals surface area contributed by atoms with Crippen LogP contribution < -0.4 is 0 Å². The average Bonchev–Trinajstić information content (AvgIpc) is 2.60. The van der Waals surface area contributed by atoms with E-state index in [1.54, 1.807) is 0 Å². The molecule has 0 saturated carbocycles. The lowest BCUT2D eigenvalue weighted by molar-refractivity contribution is -0.222. The van der Waals surface area contributed by atoms with Crippen molar-refractivity contribution in [2.75, 3.05) is 6.61 Å². The maximum absolute atomic E-state index is 13.3. The predicted octanol–water partition coefficient (Wildman–Crippen LogP) is 5.59. The summed E-state index contributed by atoms with van der Waals surface area (Å²) in [5.74, 6) is 0.197. The molecule has 150 valence electrons. The summed E-state index contributed by atoms with van der Waals surface area (Å²) < 4.78 is 11.9. The Bertz CT molecular complexity index is 783. The molecule has 0 aliphatic carbocycles. The number of hydrogen-bond donors (Lipinski definition) is 0. The fourth-order valence-electron chi connectivity index (χ4n) is 3.82. The normalized spacial score (nSPS) is 21.9. The first kappa shape index (κ1) is 20.4. The predicted molar refractivity (Wildman–Crippen MR) is 111 cm³/mol. The van der Waals surface area contributed by atoms with Crippen LogP contribution in [0, 0.1) is 5.92 Å². The van der Waals surface area contributed by atoms with E-state index in [9.17, 15) is 4.79 Å². The van der Waals surface area contributed by atoms with E-state index in [-0.39, 0.29) is 18.1 Å². The summed E-state index contributed by atoms with van der Waals surface area (Å²) in [6.45, 7) is 11.0. The van der Waals surface area contributed by atoms with E-state index in [0.717, 1.165) is 11.1 Å². The van der Waals surface area contributed by atoms with Crippen molar-refractivity contribution < 1.29 is 14.3 Å². The van der Waals surface area contributed by atoms with Gasteiger partial charge < -0.3 is 9.47 Å². The second kappa shape index (κ2) is 7.96. The second-order valence-electron chi connectivity index (χ2n) is 8.80. The van der Waals surface area contributed by atoms with Crippen molar-refractivity contribution in [1.29, 1.82) is 0 Å². The molecule has 1 fully saturated rings. The molecule has 28 heavy (non-hydrogen) atoms. The van der Waals surface area contributed by atoms with Crippen molar-refractivity contribution in [3.05, 3.63) is 71.8 Å². The molecule has 0 spiro atoms. The minimum absolute atomic E-state index is 0.176. The maximum Gasteiger partial charge on any atom is 0.411 e. The number of amides is 1. The highest BCUT2D eigenvalue weighted by molar-refractivity contribution is 5.70. The summed E-state index contributed by atoms with van der Waals surface area (Å²) in [6.07, 6.45) is -0.473. The van der Waals surface area contributed by atoms with Gasteiger partial charge in [0.1, 0.15) is 17.2 Å². The molecule has 4 heteroatoms. The van der Waals surface area contributed by atoms with E-state index in [0.29, 0.717) is 13.2 Å². The molecule has 1 heterocycles. The molecule has 1 aliphatic rings. The van der Waals surface area contributed by atoms with Crippen LogP contribution in [0.4, 0.5) is 4.79 Å². The van der Waals surface area contributed by atoms with E-state index in [4.69, 9.17) is 9.47 Å². The Morgan fingerprint density at radius 1 is 1.11 bits per heavy atom. The summed E-state index contributed by atoms with van der Waals surface area (Å²) in [5.41, 5.74) is 1.15. The van der Waals surface area contributed by atoms with Gasteiger partial charge in [0.15, 0.2) is 0 Å². The minimum Gasteiger partial charge on any atom is -0.444 e. The zero-order valence-corrected chi connectivity index (χ0v) is 17.5. The first-order chi connectivity index (χ1) is 13.2. The van der Waals surface area contributed by atoms with E-state index in [2.05, 4.69) is 26.0 Å². The molecule has 0 bridgehead atoms. The largest absolute Gasteiger partial charge is 0.444 e. The molecule has 0 radical (unpaired) electrons. The van der Waals surface area contributed by atoms with Gasteiger partial charge in [-0.25, -0.2) is 4.79 Å². The van der Waals surface area contributed by atoms with Crippen molar-refractivity contribution in [3.63, 3.8) is 0 Å².